The van der Waals surface area contributed by atoms with Crippen LogP contribution < -0.4 is 0 Å². The van der Waals surface area contributed by atoms with Gasteiger partial charge in [-0.25, -0.2) is 4.98 Å². The van der Waals surface area contributed by atoms with Crippen molar-refractivity contribution in [1.29, 1.82) is 0 Å². The SMILES string of the molecule is Cc1nc2cc(C(F)(F)CO)ccc2o1. The standard InChI is InChI=1S/C10H9F2NO2/c1-6-13-8-4-7(10(11,12)5-14)2-3-9(8)15-6/h2-4,14H,5H2,1H3. The average Bonchev–Trinajstić information content (AvgIpc) is 2.56. The molecule has 1 N–H and O–H groups in total. The maximum absolute atomic E-state index is 13.1. The van der Waals surface area contributed by atoms with Gasteiger partial charge in [-0.3, -0.25) is 0 Å². The van der Waals surface area contributed by atoms with Gasteiger partial charge in [0.1, 0.15) is 12.1 Å². The van der Waals surface area contributed by atoms with Crippen molar-refractivity contribution < 1.29 is 18.3 Å². The third-order valence-corrected chi connectivity index (χ3v) is 2.12. The van der Waals surface area contributed by atoms with Gasteiger partial charge in [-0.05, 0) is 18.2 Å². The number of aryl methyl sites for hydroxylation is 1. The van der Waals surface area contributed by atoms with Gasteiger partial charge in [-0.1, -0.05) is 0 Å². The van der Waals surface area contributed by atoms with Gasteiger partial charge >= 0.3 is 0 Å². The summed E-state index contributed by atoms with van der Waals surface area (Å²) in [6, 6.07) is 3.87. The number of alkyl halides is 2. The van der Waals surface area contributed by atoms with E-state index in [0.717, 1.165) is 0 Å². The van der Waals surface area contributed by atoms with Crippen molar-refractivity contribution in [3.8, 4) is 0 Å². The first-order valence-corrected chi connectivity index (χ1v) is 4.39. The quantitative estimate of drug-likeness (QED) is 0.831. The fourth-order valence-corrected chi connectivity index (χ4v) is 1.36. The Labute approximate surface area is 84.3 Å². The second kappa shape index (κ2) is 3.27. The summed E-state index contributed by atoms with van der Waals surface area (Å²) in [4.78, 5) is 3.94. The van der Waals surface area contributed by atoms with Crippen molar-refractivity contribution in [1.82, 2.24) is 4.98 Å². The van der Waals surface area contributed by atoms with Gasteiger partial charge in [0.2, 0.25) is 0 Å². The van der Waals surface area contributed by atoms with E-state index < -0.39 is 12.5 Å². The van der Waals surface area contributed by atoms with Gasteiger partial charge in [0, 0.05) is 12.5 Å². The van der Waals surface area contributed by atoms with E-state index in [2.05, 4.69) is 4.98 Å². The van der Waals surface area contributed by atoms with Gasteiger partial charge in [-0.15, -0.1) is 0 Å². The Morgan fingerprint density at radius 1 is 1.47 bits per heavy atom. The summed E-state index contributed by atoms with van der Waals surface area (Å²) in [5, 5.41) is 8.53. The number of aliphatic hydroxyl groups is 1. The molecule has 0 fully saturated rings. The molecule has 1 aromatic heterocycles. The molecular weight excluding hydrogens is 204 g/mol. The largest absolute Gasteiger partial charge is 0.441 e. The van der Waals surface area contributed by atoms with Crippen LogP contribution in [-0.4, -0.2) is 16.7 Å². The van der Waals surface area contributed by atoms with Crippen LogP contribution in [-0.2, 0) is 5.92 Å². The molecule has 2 rings (SSSR count). The molecule has 0 aliphatic heterocycles. The van der Waals surface area contributed by atoms with Crippen LogP contribution in [0.3, 0.4) is 0 Å². The molecule has 0 saturated carbocycles. The normalized spacial score (nSPS) is 12.3. The Kier molecular flexibility index (Phi) is 2.19. The van der Waals surface area contributed by atoms with Crippen LogP contribution in [0.5, 0.6) is 0 Å². The highest BCUT2D eigenvalue weighted by molar-refractivity contribution is 5.73. The maximum atomic E-state index is 13.1. The lowest BCUT2D eigenvalue weighted by Gasteiger charge is -2.12. The second-order valence-corrected chi connectivity index (χ2v) is 3.28. The van der Waals surface area contributed by atoms with E-state index in [9.17, 15) is 8.78 Å². The zero-order valence-corrected chi connectivity index (χ0v) is 8.00. The molecular formula is C10H9F2NO2. The molecule has 0 saturated heterocycles. The highest BCUT2D eigenvalue weighted by Crippen LogP contribution is 2.29. The smallest absolute Gasteiger partial charge is 0.295 e. The molecule has 1 heterocycles. The van der Waals surface area contributed by atoms with E-state index in [-0.39, 0.29) is 5.56 Å². The Morgan fingerprint density at radius 2 is 2.20 bits per heavy atom. The molecule has 0 aliphatic carbocycles. The number of oxazole rings is 1. The molecule has 0 atom stereocenters. The van der Waals surface area contributed by atoms with E-state index in [1.165, 1.54) is 18.2 Å². The molecule has 0 aliphatic rings. The Bertz CT molecular complexity index is 493. The summed E-state index contributed by atoms with van der Waals surface area (Å²) < 4.78 is 31.4. The van der Waals surface area contributed by atoms with Crippen molar-refractivity contribution in [3.05, 3.63) is 29.7 Å². The molecule has 0 unspecified atom stereocenters. The molecule has 0 amide bonds. The van der Waals surface area contributed by atoms with Crippen LogP contribution in [0.4, 0.5) is 8.78 Å². The summed E-state index contributed by atoms with van der Waals surface area (Å²) in [5.74, 6) is -2.81. The summed E-state index contributed by atoms with van der Waals surface area (Å²) in [7, 11) is 0. The molecule has 2 aromatic rings. The van der Waals surface area contributed by atoms with Gasteiger partial charge in [-0.2, -0.15) is 8.78 Å². The number of hydrogen-bond donors (Lipinski definition) is 1. The first kappa shape index (κ1) is 10.0. The van der Waals surface area contributed by atoms with Gasteiger partial charge < -0.3 is 9.52 Å². The number of aliphatic hydroxyl groups excluding tert-OH is 1. The lowest BCUT2D eigenvalue weighted by molar-refractivity contribution is -0.0555. The van der Waals surface area contributed by atoms with E-state index in [0.29, 0.717) is 17.0 Å². The third-order valence-electron chi connectivity index (χ3n) is 2.12. The Morgan fingerprint density at radius 3 is 2.87 bits per heavy atom. The van der Waals surface area contributed by atoms with E-state index in [4.69, 9.17) is 9.52 Å². The molecule has 80 valence electrons. The van der Waals surface area contributed by atoms with Crippen molar-refractivity contribution in [3.63, 3.8) is 0 Å². The van der Waals surface area contributed by atoms with Crippen LogP contribution in [0.2, 0.25) is 0 Å². The third kappa shape index (κ3) is 1.70. The first-order valence-electron chi connectivity index (χ1n) is 4.39. The Balaban J connectivity index is 2.55. The van der Waals surface area contributed by atoms with Crippen LogP contribution in [0, 0.1) is 6.92 Å². The summed E-state index contributed by atoms with van der Waals surface area (Å²) in [6.45, 7) is 0.430. The van der Waals surface area contributed by atoms with E-state index in [1.54, 1.807) is 6.92 Å². The monoisotopic (exact) mass is 213 g/mol. The lowest BCUT2D eigenvalue weighted by Crippen LogP contribution is -2.18. The zero-order chi connectivity index (χ0) is 11.1. The molecule has 0 radical (unpaired) electrons. The lowest BCUT2D eigenvalue weighted by atomic mass is 10.1. The summed E-state index contributed by atoms with van der Waals surface area (Å²) >= 11 is 0. The second-order valence-electron chi connectivity index (χ2n) is 3.28. The number of halogens is 2. The molecule has 5 heteroatoms. The van der Waals surface area contributed by atoms with Crippen molar-refractivity contribution >= 4 is 11.1 Å². The van der Waals surface area contributed by atoms with Crippen LogP contribution in [0.25, 0.3) is 11.1 Å². The maximum Gasteiger partial charge on any atom is 0.295 e. The van der Waals surface area contributed by atoms with Crippen LogP contribution >= 0.6 is 0 Å². The van der Waals surface area contributed by atoms with E-state index >= 15 is 0 Å². The summed E-state index contributed by atoms with van der Waals surface area (Å²) in [6.07, 6.45) is 0. The van der Waals surface area contributed by atoms with Crippen LogP contribution in [0.15, 0.2) is 22.6 Å². The van der Waals surface area contributed by atoms with Crippen molar-refractivity contribution in [2.75, 3.05) is 6.61 Å². The topological polar surface area (TPSA) is 46.3 Å². The van der Waals surface area contributed by atoms with E-state index in [1.807, 2.05) is 0 Å². The number of fused-ring (bicyclic) bond motifs is 1. The number of benzene rings is 1. The molecule has 0 bridgehead atoms. The van der Waals surface area contributed by atoms with Gasteiger partial charge in [0.05, 0.1) is 0 Å². The predicted molar refractivity (Wildman–Crippen MR) is 49.7 cm³/mol. The first-order chi connectivity index (χ1) is 7.03. The molecule has 15 heavy (non-hydrogen) atoms. The Hall–Kier alpha value is -1.49. The molecule has 3 nitrogen and oxygen atoms in total. The summed E-state index contributed by atoms with van der Waals surface area (Å²) in [5.41, 5.74) is 0.578. The number of aromatic nitrogens is 1. The fourth-order valence-electron chi connectivity index (χ4n) is 1.36. The zero-order valence-electron chi connectivity index (χ0n) is 8.00. The van der Waals surface area contributed by atoms with Crippen molar-refractivity contribution in [2.24, 2.45) is 0 Å². The number of nitrogens with zero attached hydrogens (tertiary/aromatic N) is 1. The minimum absolute atomic E-state index is 0.259. The average molecular weight is 213 g/mol. The fraction of sp³-hybridized carbons (Fsp3) is 0.300. The minimum atomic E-state index is -3.24. The number of hydrogen-bond acceptors (Lipinski definition) is 3. The van der Waals surface area contributed by atoms with Gasteiger partial charge in [0.25, 0.3) is 5.92 Å². The molecule has 1 aromatic carbocycles. The highest BCUT2D eigenvalue weighted by atomic mass is 19.3. The highest BCUT2D eigenvalue weighted by Gasteiger charge is 2.30. The van der Waals surface area contributed by atoms with Crippen molar-refractivity contribution in [2.45, 2.75) is 12.8 Å². The predicted octanol–water partition coefficient (Wildman–Crippen LogP) is 2.22. The van der Waals surface area contributed by atoms with Crippen LogP contribution in [0.1, 0.15) is 11.5 Å². The van der Waals surface area contributed by atoms with Gasteiger partial charge in [0.15, 0.2) is 11.5 Å². The number of rotatable bonds is 2. The minimum Gasteiger partial charge on any atom is -0.441 e. The molecule has 0 spiro atoms.